The van der Waals surface area contributed by atoms with Crippen molar-refractivity contribution in [1.82, 2.24) is 25.6 Å². The van der Waals surface area contributed by atoms with Gasteiger partial charge in [-0.15, -0.1) is 11.8 Å². The van der Waals surface area contributed by atoms with Gasteiger partial charge in [-0.1, -0.05) is 50.2 Å². The maximum Gasteiger partial charge on any atom is 0.345 e. The van der Waals surface area contributed by atoms with Gasteiger partial charge < -0.3 is 0 Å². The fraction of sp³-hybridized carbons (Fsp3) is 0.200. The summed E-state index contributed by atoms with van der Waals surface area (Å²) in [6.07, 6.45) is 1.53. The summed E-state index contributed by atoms with van der Waals surface area (Å²) in [5.74, 6) is -0.449. The predicted octanol–water partition coefficient (Wildman–Crippen LogP) is 4.97. The molecule has 0 atom stereocenters. The highest BCUT2D eigenvalue weighted by molar-refractivity contribution is 8.00. The van der Waals surface area contributed by atoms with E-state index in [0.717, 1.165) is 16.0 Å². The lowest BCUT2D eigenvalue weighted by atomic mass is 10.2. The second kappa shape index (κ2) is 9.96. The molecule has 0 spiro atoms. The number of aryl methyl sites for hydroxylation is 2. The lowest BCUT2D eigenvalue weighted by molar-refractivity contribution is 0.0934. The van der Waals surface area contributed by atoms with Gasteiger partial charge in [-0.05, 0) is 31.2 Å². The van der Waals surface area contributed by atoms with Crippen LogP contribution in [-0.2, 0) is 7.05 Å². The number of hydrogen-bond acceptors (Lipinski definition) is 5. The first-order valence-corrected chi connectivity index (χ1v) is 11.7. The van der Waals surface area contributed by atoms with Crippen LogP contribution in [0, 0.1) is 6.92 Å². The molecule has 2 aromatic carbocycles. The maximum absolute atomic E-state index is 13.2. The van der Waals surface area contributed by atoms with Crippen molar-refractivity contribution in [2.45, 2.75) is 30.9 Å². The molecule has 4 rings (SSSR count). The van der Waals surface area contributed by atoms with Crippen molar-refractivity contribution in [2.75, 3.05) is 4.90 Å². The molecule has 0 fully saturated rings. The molecule has 174 valence electrons. The average Bonchev–Trinajstić information content (AvgIpc) is 3.12. The summed E-state index contributed by atoms with van der Waals surface area (Å²) < 4.78 is 1.70. The lowest BCUT2D eigenvalue weighted by Crippen LogP contribution is -2.47. The van der Waals surface area contributed by atoms with Gasteiger partial charge in [-0.2, -0.15) is 5.10 Å². The Morgan fingerprint density at radius 3 is 2.12 bits per heavy atom. The van der Waals surface area contributed by atoms with Crippen LogP contribution in [0.3, 0.4) is 0 Å². The maximum atomic E-state index is 13.2. The Morgan fingerprint density at radius 1 is 0.971 bits per heavy atom. The molecule has 9 heteroatoms. The van der Waals surface area contributed by atoms with Gasteiger partial charge >= 0.3 is 6.03 Å². The summed E-state index contributed by atoms with van der Waals surface area (Å²) in [6, 6.07) is 18.0. The van der Waals surface area contributed by atoms with Gasteiger partial charge in [0.1, 0.15) is 0 Å². The number of aromatic nitrogens is 3. The van der Waals surface area contributed by atoms with Crippen LogP contribution in [0.5, 0.6) is 0 Å². The summed E-state index contributed by atoms with van der Waals surface area (Å²) in [4.78, 5) is 33.1. The number of anilines is 2. The third-order valence-corrected chi connectivity index (χ3v) is 6.22. The molecule has 0 aliphatic rings. The van der Waals surface area contributed by atoms with Crippen LogP contribution in [0.25, 0.3) is 11.0 Å². The molecule has 0 aliphatic heterocycles. The smallest absolute Gasteiger partial charge is 0.267 e. The first-order valence-electron chi connectivity index (χ1n) is 10.9. The molecule has 8 nitrogen and oxygen atoms in total. The SMILES string of the molecule is Cc1nn(C)c2ncc(C(=O)NNC(=O)N(c3ccccc3)c3ccccc3)c(SC(C)C)c12. The molecule has 34 heavy (non-hydrogen) atoms. The Bertz CT molecular complexity index is 1280. The number of fused-ring (bicyclic) bond motifs is 1. The number of rotatable bonds is 5. The Labute approximate surface area is 202 Å². The zero-order valence-electron chi connectivity index (χ0n) is 19.4. The first kappa shape index (κ1) is 23.3. The van der Waals surface area contributed by atoms with Crippen molar-refractivity contribution in [3.05, 3.63) is 78.1 Å². The molecular formula is C25H26N6O2S. The molecule has 3 amide bonds. The molecule has 0 bridgehead atoms. The second-order valence-electron chi connectivity index (χ2n) is 7.97. The zero-order valence-corrected chi connectivity index (χ0v) is 20.3. The Morgan fingerprint density at radius 2 is 1.56 bits per heavy atom. The van der Waals surface area contributed by atoms with Gasteiger partial charge in [-0.25, -0.2) is 15.2 Å². The molecule has 0 saturated carbocycles. The van der Waals surface area contributed by atoms with Crippen LogP contribution in [0.15, 0.2) is 71.8 Å². The molecular weight excluding hydrogens is 448 g/mol. The third-order valence-electron chi connectivity index (χ3n) is 5.09. The molecule has 2 N–H and O–H groups in total. The van der Waals surface area contributed by atoms with Crippen molar-refractivity contribution in [3.63, 3.8) is 0 Å². The van der Waals surface area contributed by atoms with E-state index in [-0.39, 0.29) is 5.25 Å². The van der Waals surface area contributed by atoms with Gasteiger partial charge in [0.15, 0.2) is 5.65 Å². The minimum Gasteiger partial charge on any atom is -0.267 e. The molecule has 2 heterocycles. The number of hydrazine groups is 1. The highest BCUT2D eigenvalue weighted by atomic mass is 32.2. The number of urea groups is 1. The number of nitrogens with zero attached hydrogens (tertiary/aromatic N) is 4. The Balaban J connectivity index is 1.61. The van der Waals surface area contributed by atoms with Crippen molar-refractivity contribution in [1.29, 1.82) is 0 Å². The minimum atomic E-state index is -0.490. The number of nitrogens with one attached hydrogen (secondary N) is 2. The van der Waals surface area contributed by atoms with E-state index < -0.39 is 11.9 Å². The number of carbonyl (C=O) groups excluding carboxylic acids is 2. The number of pyridine rings is 1. The summed E-state index contributed by atoms with van der Waals surface area (Å²) in [7, 11) is 1.83. The van der Waals surface area contributed by atoms with E-state index in [1.165, 1.54) is 11.1 Å². The topological polar surface area (TPSA) is 92.1 Å². The van der Waals surface area contributed by atoms with E-state index in [2.05, 4.69) is 34.8 Å². The van der Waals surface area contributed by atoms with Gasteiger partial charge in [0.05, 0.1) is 28.0 Å². The monoisotopic (exact) mass is 474 g/mol. The summed E-state index contributed by atoms with van der Waals surface area (Å²) in [5.41, 5.74) is 8.35. The number of carbonyl (C=O) groups is 2. The van der Waals surface area contributed by atoms with Crippen LogP contribution in [0.4, 0.5) is 16.2 Å². The van der Waals surface area contributed by atoms with E-state index in [9.17, 15) is 9.59 Å². The highest BCUT2D eigenvalue weighted by Crippen LogP contribution is 2.34. The van der Waals surface area contributed by atoms with Crippen LogP contribution in [-0.4, -0.2) is 32.0 Å². The van der Waals surface area contributed by atoms with Gasteiger partial charge in [0, 0.05) is 23.4 Å². The largest absolute Gasteiger partial charge is 0.345 e. The second-order valence-corrected chi connectivity index (χ2v) is 9.55. The van der Waals surface area contributed by atoms with E-state index in [1.807, 2.05) is 74.6 Å². The van der Waals surface area contributed by atoms with Crippen molar-refractivity contribution < 1.29 is 9.59 Å². The third kappa shape index (κ3) is 4.74. The van der Waals surface area contributed by atoms with Gasteiger partial charge in [0.25, 0.3) is 5.91 Å². The van der Waals surface area contributed by atoms with E-state index in [4.69, 9.17) is 0 Å². The van der Waals surface area contributed by atoms with Gasteiger partial charge in [-0.3, -0.25) is 19.8 Å². The standard InChI is InChI=1S/C25H26N6O2S/c1-16(2)34-22-20(15-26-23-21(22)17(3)29-30(23)4)24(32)27-28-25(33)31(18-11-7-5-8-12-18)19-13-9-6-10-14-19/h5-16H,1-4H3,(H,27,32)(H,28,33). The highest BCUT2D eigenvalue weighted by Gasteiger charge is 2.23. The van der Waals surface area contributed by atoms with E-state index >= 15 is 0 Å². The van der Waals surface area contributed by atoms with Gasteiger partial charge in [0.2, 0.25) is 0 Å². The predicted molar refractivity (Wildman–Crippen MR) is 135 cm³/mol. The Kier molecular flexibility index (Phi) is 6.83. The number of hydrogen-bond donors (Lipinski definition) is 2. The van der Waals surface area contributed by atoms with E-state index in [1.54, 1.807) is 16.4 Å². The molecule has 0 radical (unpaired) electrons. The summed E-state index contributed by atoms with van der Waals surface area (Å²) in [5, 5.41) is 5.53. The van der Waals surface area contributed by atoms with Crippen molar-refractivity contribution >= 4 is 46.1 Å². The van der Waals surface area contributed by atoms with E-state index in [0.29, 0.717) is 22.6 Å². The van der Waals surface area contributed by atoms with Crippen LogP contribution in [0.2, 0.25) is 0 Å². The molecule has 0 aliphatic carbocycles. The van der Waals surface area contributed by atoms with Crippen LogP contribution < -0.4 is 15.8 Å². The Hall–Kier alpha value is -3.85. The molecule has 2 aromatic heterocycles. The quantitative estimate of drug-likeness (QED) is 0.315. The fourth-order valence-corrected chi connectivity index (χ4v) is 4.77. The molecule has 0 saturated heterocycles. The minimum absolute atomic E-state index is 0.234. The molecule has 4 aromatic rings. The molecule has 0 unspecified atom stereocenters. The number of benzene rings is 2. The van der Waals surface area contributed by atoms with Crippen LogP contribution in [0.1, 0.15) is 29.9 Å². The number of thioether (sulfide) groups is 1. The van der Waals surface area contributed by atoms with Crippen LogP contribution >= 0.6 is 11.8 Å². The summed E-state index contributed by atoms with van der Waals surface area (Å²) >= 11 is 1.57. The average molecular weight is 475 g/mol. The van der Waals surface area contributed by atoms with Crippen molar-refractivity contribution in [3.8, 4) is 0 Å². The normalized spacial score (nSPS) is 11.0. The lowest BCUT2D eigenvalue weighted by Gasteiger charge is -2.23. The zero-order chi connectivity index (χ0) is 24.2. The summed E-state index contributed by atoms with van der Waals surface area (Å²) in [6.45, 7) is 6.02. The number of para-hydroxylation sites is 2. The fourth-order valence-electron chi connectivity index (χ4n) is 3.67. The first-order chi connectivity index (χ1) is 16.4. The number of amides is 3. The van der Waals surface area contributed by atoms with Crippen molar-refractivity contribution in [2.24, 2.45) is 7.05 Å².